The predicted octanol–water partition coefficient (Wildman–Crippen LogP) is 9.79. The minimum absolute atomic E-state index is 0.0415. The monoisotopic (exact) mass is 725 g/mol. The molecular formula is C45H60FN3O4. The summed E-state index contributed by atoms with van der Waals surface area (Å²) in [6, 6.07) is 6.20. The van der Waals surface area contributed by atoms with Crippen molar-refractivity contribution >= 4 is 17.7 Å². The Labute approximate surface area is 315 Å². The van der Waals surface area contributed by atoms with Crippen LogP contribution in [0.1, 0.15) is 138 Å². The molecule has 7 nitrogen and oxygen atoms in total. The number of likely N-dealkylation sites (tertiary alicyclic amines) is 1. The summed E-state index contributed by atoms with van der Waals surface area (Å²) in [5, 5.41) is 0. The third-order valence-electron chi connectivity index (χ3n) is 16.7. The first kappa shape index (κ1) is 36.7. The van der Waals surface area contributed by atoms with E-state index in [0.717, 1.165) is 80.4 Å². The second-order valence-corrected chi connectivity index (χ2v) is 19.6. The maximum Gasteiger partial charge on any atom is 0.302 e. The number of halogens is 1. The molecule has 286 valence electrons. The lowest BCUT2D eigenvalue weighted by atomic mass is 9.33. The van der Waals surface area contributed by atoms with Crippen molar-refractivity contribution in [3.05, 3.63) is 53.3 Å². The van der Waals surface area contributed by atoms with Crippen molar-refractivity contribution in [1.29, 1.82) is 0 Å². The van der Waals surface area contributed by atoms with Crippen LogP contribution < -0.4 is 0 Å². The fraction of sp³-hybridized carbons (Fsp3) is 0.689. The van der Waals surface area contributed by atoms with Gasteiger partial charge in [-0.2, -0.15) is 0 Å². The number of Topliss-reactive ketones (excluding diaryl/α,β-unsaturated/α-hetero) is 1. The highest BCUT2D eigenvalue weighted by Crippen LogP contribution is 2.77. The van der Waals surface area contributed by atoms with E-state index in [0.29, 0.717) is 24.8 Å². The number of imidazole rings is 1. The van der Waals surface area contributed by atoms with E-state index in [9.17, 15) is 14.0 Å². The third-order valence-corrected chi connectivity index (χ3v) is 16.7. The maximum atomic E-state index is 15.4. The van der Waals surface area contributed by atoms with Crippen LogP contribution in [0.2, 0.25) is 0 Å². The molecule has 1 saturated heterocycles. The molecule has 6 aliphatic rings. The van der Waals surface area contributed by atoms with Crippen molar-refractivity contribution in [2.45, 2.75) is 138 Å². The molecule has 1 aliphatic heterocycles. The average molecular weight is 726 g/mol. The van der Waals surface area contributed by atoms with E-state index in [-0.39, 0.29) is 75.5 Å². The van der Waals surface area contributed by atoms with Gasteiger partial charge in [0.15, 0.2) is 5.78 Å². The van der Waals surface area contributed by atoms with Crippen LogP contribution in [0, 0.1) is 56.6 Å². The molecule has 9 atom stereocenters. The molecule has 5 aliphatic carbocycles. The largest absolute Gasteiger partial charge is 0.462 e. The van der Waals surface area contributed by atoms with Gasteiger partial charge in [0.25, 0.3) is 0 Å². The number of hydrogen-bond acceptors (Lipinski definition) is 5. The molecule has 1 aromatic carbocycles. The van der Waals surface area contributed by atoms with Gasteiger partial charge < -0.3 is 14.6 Å². The summed E-state index contributed by atoms with van der Waals surface area (Å²) < 4.78 is 19.6. The van der Waals surface area contributed by atoms with Crippen LogP contribution in [-0.2, 0) is 19.1 Å². The minimum Gasteiger partial charge on any atom is -0.462 e. The lowest BCUT2D eigenvalue weighted by Crippen LogP contribution is -2.66. The van der Waals surface area contributed by atoms with Crippen molar-refractivity contribution in [2.75, 3.05) is 6.54 Å². The van der Waals surface area contributed by atoms with Crippen LogP contribution in [0.15, 0.2) is 41.6 Å². The number of aromatic amines is 1. The summed E-state index contributed by atoms with van der Waals surface area (Å²) in [7, 11) is 0. The third kappa shape index (κ3) is 5.15. The number of carbonyl (C=O) groups excluding carboxylic acids is 3. The van der Waals surface area contributed by atoms with E-state index in [1.807, 2.05) is 0 Å². The zero-order valence-electron chi connectivity index (χ0n) is 33.2. The van der Waals surface area contributed by atoms with Crippen LogP contribution in [0.5, 0.6) is 0 Å². The Kier molecular flexibility index (Phi) is 8.55. The Bertz CT molecular complexity index is 1860. The molecule has 5 fully saturated rings. The number of ether oxygens (including phenoxy) is 1. The molecule has 8 rings (SSSR count). The van der Waals surface area contributed by atoms with Gasteiger partial charge in [0.05, 0.1) is 23.3 Å². The first-order valence-electron chi connectivity index (χ1n) is 20.5. The number of nitrogens with one attached hydrogen (secondary N) is 1. The number of fused-ring (bicyclic) bond motifs is 7. The highest BCUT2D eigenvalue weighted by atomic mass is 19.1. The number of hydrogen-bond donors (Lipinski definition) is 1. The average Bonchev–Trinajstić information content (AvgIpc) is 3.84. The Morgan fingerprint density at radius 3 is 2.36 bits per heavy atom. The highest BCUT2D eigenvalue weighted by Gasteiger charge is 2.71. The molecule has 2 heterocycles. The van der Waals surface area contributed by atoms with Gasteiger partial charge in [-0.15, -0.1) is 0 Å². The SMILES string of the molecule is CC(=O)OC1CCC2(C)C(CCC3(C)C2CCC2C4=C(C(C)C)C(=O)CC4(C(=O)N4CCCC4c4ncc(-c5ccc(F)cc5)[nH]4)CCC23C)C1(C)C. The number of benzene rings is 1. The van der Waals surface area contributed by atoms with Crippen molar-refractivity contribution in [3.8, 4) is 11.3 Å². The molecule has 9 unspecified atom stereocenters. The summed E-state index contributed by atoms with van der Waals surface area (Å²) in [5.74, 6) is 1.82. The van der Waals surface area contributed by atoms with Crippen molar-refractivity contribution < 1.29 is 23.5 Å². The second kappa shape index (κ2) is 12.4. The van der Waals surface area contributed by atoms with Crippen LogP contribution in [0.3, 0.4) is 0 Å². The lowest BCUT2D eigenvalue weighted by Gasteiger charge is -2.72. The van der Waals surface area contributed by atoms with E-state index < -0.39 is 5.41 Å². The Hall–Kier alpha value is -3.29. The predicted molar refractivity (Wildman–Crippen MR) is 203 cm³/mol. The van der Waals surface area contributed by atoms with Crippen molar-refractivity contribution in [2.24, 2.45) is 50.7 Å². The van der Waals surface area contributed by atoms with E-state index in [4.69, 9.17) is 9.72 Å². The number of amides is 1. The van der Waals surface area contributed by atoms with Gasteiger partial charge in [0.2, 0.25) is 5.91 Å². The summed E-state index contributed by atoms with van der Waals surface area (Å²) >= 11 is 0. The number of allylic oxidation sites excluding steroid dienone is 1. The number of aromatic nitrogens is 2. The zero-order chi connectivity index (χ0) is 37.9. The van der Waals surface area contributed by atoms with Gasteiger partial charge in [-0.05, 0) is 145 Å². The van der Waals surface area contributed by atoms with Gasteiger partial charge in [0, 0.05) is 25.3 Å². The number of esters is 1. The number of rotatable bonds is 5. The number of ketones is 1. The van der Waals surface area contributed by atoms with E-state index in [1.54, 1.807) is 25.3 Å². The van der Waals surface area contributed by atoms with Crippen LogP contribution >= 0.6 is 0 Å². The van der Waals surface area contributed by atoms with E-state index in [2.05, 4.69) is 58.4 Å². The molecule has 8 heteroatoms. The lowest BCUT2D eigenvalue weighted by molar-refractivity contribution is -0.232. The molecular weight excluding hydrogens is 666 g/mol. The smallest absolute Gasteiger partial charge is 0.302 e. The van der Waals surface area contributed by atoms with Gasteiger partial charge in [-0.1, -0.05) is 48.5 Å². The topological polar surface area (TPSA) is 92.4 Å². The first-order chi connectivity index (χ1) is 25.0. The van der Waals surface area contributed by atoms with Crippen LogP contribution in [0.25, 0.3) is 11.3 Å². The quantitative estimate of drug-likeness (QED) is 0.310. The highest BCUT2D eigenvalue weighted by molar-refractivity contribution is 6.07. The van der Waals surface area contributed by atoms with Crippen LogP contribution in [-0.4, -0.2) is 45.2 Å². The summed E-state index contributed by atoms with van der Waals surface area (Å²) in [6.07, 6.45) is 11.7. The molecule has 53 heavy (non-hydrogen) atoms. The summed E-state index contributed by atoms with van der Waals surface area (Å²) in [4.78, 5) is 52.1. The molecule has 1 amide bonds. The summed E-state index contributed by atoms with van der Waals surface area (Å²) in [6.45, 7) is 18.8. The Morgan fingerprint density at radius 2 is 1.66 bits per heavy atom. The zero-order valence-corrected chi connectivity index (χ0v) is 33.2. The standard InChI is InChI=1S/C45H60FN3O4/c1-26(2)37-33(51)24-45(40(52)49-23-9-10-32(49)39-47-25-31(48-39)28-11-13-29(46)14-12-28)22-21-43(7)30(38(37)45)15-16-35-42(6)19-18-36(53-27(3)50)41(4,5)34(42)17-20-44(35,43)8/h11-14,25-26,30,32,34-36H,9-10,15-24H2,1-8H3,(H,47,48). The van der Waals surface area contributed by atoms with Gasteiger partial charge >= 0.3 is 5.97 Å². The van der Waals surface area contributed by atoms with Gasteiger partial charge in [-0.25, -0.2) is 9.37 Å². The van der Waals surface area contributed by atoms with Gasteiger partial charge in [-0.3, -0.25) is 14.4 Å². The van der Waals surface area contributed by atoms with E-state index >= 15 is 4.79 Å². The first-order valence-corrected chi connectivity index (χ1v) is 20.5. The fourth-order valence-corrected chi connectivity index (χ4v) is 14.1. The Morgan fingerprint density at radius 1 is 0.925 bits per heavy atom. The number of carbonyl (C=O) groups is 3. The molecule has 1 aromatic heterocycles. The van der Waals surface area contributed by atoms with Crippen LogP contribution in [0.4, 0.5) is 4.39 Å². The van der Waals surface area contributed by atoms with E-state index in [1.165, 1.54) is 17.7 Å². The normalized spacial score (nSPS) is 39.0. The molecule has 2 aromatic rings. The van der Waals surface area contributed by atoms with Crippen molar-refractivity contribution in [3.63, 3.8) is 0 Å². The van der Waals surface area contributed by atoms with Gasteiger partial charge in [0.1, 0.15) is 17.7 Å². The maximum absolute atomic E-state index is 15.4. The number of H-pyrrole nitrogens is 1. The Balaban J connectivity index is 1.13. The number of nitrogens with zero attached hydrogens (tertiary/aromatic N) is 2. The summed E-state index contributed by atoms with van der Waals surface area (Å²) in [5.41, 5.74) is 3.04. The molecule has 4 saturated carbocycles. The minimum atomic E-state index is -0.801. The second-order valence-electron chi connectivity index (χ2n) is 19.6. The molecule has 0 radical (unpaired) electrons. The van der Waals surface area contributed by atoms with Crippen molar-refractivity contribution in [1.82, 2.24) is 14.9 Å². The molecule has 1 N–H and O–H groups in total. The molecule has 0 bridgehead atoms. The molecule has 0 spiro atoms. The fourth-order valence-electron chi connectivity index (χ4n) is 14.1.